The molecule has 0 saturated carbocycles. The number of rotatable bonds is 7. The van der Waals surface area contributed by atoms with E-state index in [1.807, 2.05) is 0 Å². The van der Waals surface area contributed by atoms with Crippen molar-refractivity contribution in [2.24, 2.45) is 5.92 Å². The second kappa shape index (κ2) is 7.88. The first-order valence-electron chi connectivity index (χ1n) is 6.67. The van der Waals surface area contributed by atoms with Crippen LogP contribution < -0.4 is 10.6 Å². The lowest BCUT2D eigenvalue weighted by Crippen LogP contribution is -2.35. The van der Waals surface area contributed by atoms with E-state index in [2.05, 4.69) is 55.7 Å². The van der Waals surface area contributed by atoms with Crippen molar-refractivity contribution in [1.29, 1.82) is 0 Å². The molecule has 0 spiro atoms. The Labute approximate surface area is 110 Å². The number of hydrogen-bond donors (Lipinski definition) is 2. The largest absolute Gasteiger partial charge is 0.355 e. The van der Waals surface area contributed by atoms with Gasteiger partial charge in [0.05, 0.1) is 6.54 Å². The van der Waals surface area contributed by atoms with Gasteiger partial charge < -0.3 is 10.6 Å². The zero-order valence-corrected chi connectivity index (χ0v) is 11.6. The van der Waals surface area contributed by atoms with Gasteiger partial charge in [-0.2, -0.15) is 0 Å². The van der Waals surface area contributed by atoms with Gasteiger partial charge in [0.2, 0.25) is 5.91 Å². The summed E-state index contributed by atoms with van der Waals surface area (Å²) in [6, 6.07) is 8.49. The van der Waals surface area contributed by atoms with Crippen LogP contribution in [0.1, 0.15) is 31.9 Å². The van der Waals surface area contributed by atoms with Gasteiger partial charge in [-0.05, 0) is 23.5 Å². The van der Waals surface area contributed by atoms with E-state index in [1.54, 1.807) is 0 Å². The molecule has 1 aromatic carbocycles. The van der Waals surface area contributed by atoms with Gasteiger partial charge in [0, 0.05) is 13.1 Å². The number of carbonyl (C=O) groups is 1. The summed E-state index contributed by atoms with van der Waals surface area (Å²) in [6.07, 6.45) is 1.06. The van der Waals surface area contributed by atoms with Crippen LogP contribution in [0.5, 0.6) is 0 Å². The molecule has 1 aromatic rings. The highest BCUT2D eigenvalue weighted by Crippen LogP contribution is 2.04. The molecule has 0 bridgehead atoms. The Bertz CT molecular complexity index is 357. The topological polar surface area (TPSA) is 41.1 Å². The normalized spacial score (nSPS) is 10.7. The minimum Gasteiger partial charge on any atom is -0.355 e. The minimum absolute atomic E-state index is 0.0638. The van der Waals surface area contributed by atoms with Gasteiger partial charge in [0.1, 0.15) is 0 Å². The fourth-order valence-electron chi connectivity index (χ4n) is 1.59. The second-order valence-electron chi connectivity index (χ2n) is 4.97. The van der Waals surface area contributed by atoms with E-state index in [-0.39, 0.29) is 5.91 Å². The Balaban J connectivity index is 2.22. The van der Waals surface area contributed by atoms with Crippen molar-refractivity contribution in [3.63, 3.8) is 0 Å². The molecule has 3 nitrogen and oxygen atoms in total. The predicted molar refractivity (Wildman–Crippen MR) is 75.4 cm³/mol. The van der Waals surface area contributed by atoms with Gasteiger partial charge >= 0.3 is 0 Å². The number of carbonyl (C=O) groups excluding carboxylic acids is 1. The third kappa shape index (κ3) is 5.82. The molecule has 100 valence electrons. The molecule has 0 radical (unpaired) electrons. The van der Waals surface area contributed by atoms with Crippen molar-refractivity contribution in [2.45, 2.75) is 33.7 Å². The third-order valence-electron chi connectivity index (χ3n) is 2.75. The molecule has 0 aliphatic rings. The number of hydrogen-bond acceptors (Lipinski definition) is 2. The molecule has 0 aliphatic heterocycles. The zero-order chi connectivity index (χ0) is 13.4. The molecular weight excluding hydrogens is 224 g/mol. The lowest BCUT2D eigenvalue weighted by Gasteiger charge is -2.08. The van der Waals surface area contributed by atoms with Crippen molar-refractivity contribution >= 4 is 5.91 Å². The number of nitrogens with one attached hydrogen (secondary N) is 2. The molecule has 0 aliphatic carbocycles. The van der Waals surface area contributed by atoms with Crippen molar-refractivity contribution in [2.75, 3.05) is 13.1 Å². The van der Waals surface area contributed by atoms with Crippen LogP contribution in [0.4, 0.5) is 0 Å². The van der Waals surface area contributed by atoms with E-state index in [0.717, 1.165) is 19.5 Å². The lowest BCUT2D eigenvalue weighted by atomic mass is 10.1. The number of benzene rings is 1. The average molecular weight is 248 g/mol. The molecule has 0 heterocycles. The van der Waals surface area contributed by atoms with Crippen molar-refractivity contribution in [1.82, 2.24) is 10.6 Å². The SMILES string of the molecule is CCc1ccc(CNCC(=O)NCC(C)C)cc1. The van der Waals surface area contributed by atoms with E-state index in [4.69, 9.17) is 0 Å². The van der Waals surface area contributed by atoms with Gasteiger partial charge in [-0.15, -0.1) is 0 Å². The highest BCUT2D eigenvalue weighted by Gasteiger charge is 2.01. The van der Waals surface area contributed by atoms with E-state index in [1.165, 1.54) is 11.1 Å². The minimum atomic E-state index is 0.0638. The van der Waals surface area contributed by atoms with Gasteiger partial charge in [0.25, 0.3) is 0 Å². The van der Waals surface area contributed by atoms with Crippen LogP contribution in [0.25, 0.3) is 0 Å². The van der Waals surface area contributed by atoms with Gasteiger partial charge in [-0.3, -0.25) is 4.79 Å². The quantitative estimate of drug-likeness (QED) is 0.776. The van der Waals surface area contributed by atoms with Crippen molar-refractivity contribution < 1.29 is 4.79 Å². The molecule has 18 heavy (non-hydrogen) atoms. The molecule has 3 heteroatoms. The molecule has 0 fully saturated rings. The molecule has 2 N–H and O–H groups in total. The smallest absolute Gasteiger partial charge is 0.233 e. The number of aryl methyl sites for hydroxylation is 1. The Kier molecular flexibility index (Phi) is 6.44. The maximum atomic E-state index is 11.5. The molecule has 1 rings (SSSR count). The standard InChI is InChI=1S/C15H24N2O/c1-4-13-5-7-14(8-6-13)10-16-11-15(18)17-9-12(2)3/h5-8,12,16H,4,9-11H2,1-3H3,(H,17,18). The summed E-state index contributed by atoms with van der Waals surface area (Å²) in [5.74, 6) is 0.560. The van der Waals surface area contributed by atoms with E-state index in [9.17, 15) is 4.79 Å². The second-order valence-corrected chi connectivity index (χ2v) is 4.97. The zero-order valence-electron chi connectivity index (χ0n) is 11.6. The summed E-state index contributed by atoms with van der Waals surface area (Å²) < 4.78 is 0. The van der Waals surface area contributed by atoms with Crippen LogP contribution in [0.3, 0.4) is 0 Å². The number of amides is 1. The molecule has 1 amide bonds. The van der Waals surface area contributed by atoms with Crippen LogP contribution >= 0.6 is 0 Å². The van der Waals surface area contributed by atoms with Crippen LogP contribution in [-0.4, -0.2) is 19.0 Å². The van der Waals surface area contributed by atoms with Crippen LogP contribution in [-0.2, 0) is 17.8 Å². The Morgan fingerprint density at radius 1 is 1.17 bits per heavy atom. The van der Waals surface area contributed by atoms with Crippen LogP contribution in [0, 0.1) is 5.92 Å². The summed E-state index contributed by atoms with van der Waals surface area (Å²) in [4.78, 5) is 11.5. The van der Waals surface area contributed by atoms with E-state index in [0.29, 0.717) is 12.5 Å². The first-order chi connectivity index (χ1) is 8.61. The summed E-state index contributed by atoms with van der Waals surface area (Å²) in [5, 5.41) is 6.04. The lowest BCUT2D eigenvalue weighted by molar-refractivity contribution is -0.120. The third-order valence-corrected chi connectivity index (χ3v) is 2.75. The average Bonchev–Trinajstić information content (AvgIpc) is 2.37. The molecule has 0 atom stereocenters. The highest BCUT2D eigenvalue weighted by atomic mass is 16.1. The van der Waals surface area contributed by atoms with Gasteiger partial charge in [-0.25, -0.2) is 0 Å². The fraction of sp³-hybridized carbons (Fsp3) is 0.533. The summed E-state index contributed by atoms with van der Waals surface area (Å²) >= 11 is 0. The fourth-order valence-corrected chi connectivity index (χ4v) is 1.59. The van der Waals surface area contributed by atoms with Crippen molar-refractivity contribution in [3.05, 3.63) is 35.4 Å². The summed E-state index contributed by atoms with van der Waals surface area (Å²) in [7, 11) is 0. The highest BCUT2D eigenvalue weighted by molar-refractivity contribution is 5.77. The van der Waals surface area contributed by atoms with Gasteiger partial charge in [0.15, 0.2) is 0 Å². The van der Waals surface area contributed by atoms with Crippen molar-refractivity contribution in [3.8, 4) is 0 Å². The Hall–Kier alpha value is -1.35. The van der Waals surface area contributed by atoms with Crippen LogP contribution in [0.2, 0.25) is 0 Å². The first kappa shape index (κ1) is 14.7. The Morgan fingerprint density at radius 3 is 2.33 bits per heavy atom. The maximum absolute atomic E-state index is 11.5. The maximum Gasteiger partial charge on any atom is 0.233 e. The molecule has 0 aromatic heterocycles. The molecule has 0 saturated heterocycles. The molecule has 0 unspecified atom stereocenters. The summed E-state index contributed by atoms with van der Waals surface area (Å²) in [6.45, 7) is 8.17. The molecular formula is C15H24N2O. The van der Waals surface area contributed by atoms with Gasteiger partial charge in [-0.1, -0.05) is 45.0 Å². The predicted octanol–water partition coefficient (Wildman–Crippen LogP) is 2.11. The Morgan fingerprint density at radius 2 is 1.78 bits per heavy atom. The van der Waals surface area contributed by atoms with E-state index >= 15 is 0 Å². The first-order valence-corrected chi connectivity index (χ1v) is 6.67. The van der Waals surface area contributed by atoms with Crippen LogP contribution in [0.15, 0.2) is 24.3 Å². The monoisotopic (exact) mass is 248 g/mol. The summed E-state index contributed by atoms with van der Waals surface area (Å²) in [5.41, 5.74) is 2.55. The van der Waals surface area contributed by atoms with E-state index < -0.39 is 0 Å².